The zero-order valence-electron chi connectivity index (χ0n) is 14.8. The highest BCUT2D eigenvalue weighted by atomic mass is 16.5. The molecule has 132 valence electrons. The fourth-order valence-corrected chi connectivity index (χ4v) is 2.47. The lowest BCUT2D eigenvalue weighted by Gasteiger charge is -2.15. The topological polar surface area (TPSA) is 65.0 Å². The monoisotopic (exact) mass is 342 g/mol. The molecule has 0 radical (unpaired) electrons. The summed E-state index contributed by atoms with van der Waals surface area (Å²) in [5, 5.41) is 9.93. The van der Waals surface area contributed by atoms with Crippen molar-refractivity contribution in [2.75, 3.05) is 14.2 Å². The molecule has 2 aromatic carbocycles. The first kappa shape index (κ1) is 18.4. The number of esters is 1. The average molecular weight is 342 g/mol. The molecule has 0 saturated carbocycles. The summed E-state index contributed by atoms with van der Waals surface area (Å²) in [6.45, 7) is 3.91. The molecule has 2 rings (SSSR count). The lowest BCUT2D eigenvalue weighted by Crippen LogP contribution is -2.08. The van der Waals surface area contributed by atoms with Crippen LogP contribution >= 0.6 is 0 Å². The summed E-state index contributed by atoms with van der Waals surface area (Å²) in [6.07, 6.45) is 1.36. The second-order valence-electron chi connectivity index (χ2n) is 5.61. The Labute approximate surface area is 147 Å². The Balaban J connectivity index is 2.33. The summed E-state index contributed by atoms with van der Waals surface area (Å²) >= 11 is 0. The van der Waals surface area contributed by atoms with E-state index >= 15 is 0 Å². The first-order valence-corrected chi connectivity index (χ1v) is 7.80. The van der Waals surface area contributed by atoms with Gasteiger partial charge in [0.2, 0.25) is 0 Å². The highest BCUT2D eigenvalue weighted by Gasteiger charge is 2.17. The first-order chi connectivity index (χ1) is 12.0. The molecule has 0 amide bonds. The number of phenols is 1. The van der Waals surface area contributed by atoms with Crippen molar-refractivity contribution in [3.05, 3.63) is 64.9 Å². The Morgan fingerprint density at radius 2 is 1.88 bits per heavy atom. The van der Waals surface area contributed by atoms with Crippen LogP contribution in [0.2, 0.25) is 0 Å². The van der Waals surface area contributed by atoms with Crippen LogP contribution in [-0.2, 0) is 20.9 Å². The summed E-state index contributed by atoms with van der Waals surface area (Å²) in [7, 11) is 2.80. The Morgan fingerprint density at radius 1 is 1.16 bits per heavy atom. The summed E-state index contributed by atoms with van der Waals surface area (Å²) in [4.78, 5) is 12.0. The van der Waals surface area contributed by atoms with Crippen molar-refractivity contribution >= 4 is 11.5 Å². The SMILES string of the molecule is COC=C(C(=O)OC)c1ccccc1COc1cc(C)cc(O)c1C. The summed E-state index contributed by atoms with van der Waals surface area (Å²) in [6, 6.07) is 10.9. The van der Waals surface area contributed by atoms with Crippen molar-refractivity contribution in [2.24, 2.45) is 0 Å². The van der Waals surface area contributed by atoms with Gasteiger partial charge in [-0.15, -0.1) is 0 Å². The number of phenolic OH excluding ortho intramolecular Hbond substituents is 1. The fourth-order valence-electron chi connectivity index (χ4n) is 2.47. The van der Waals surface area contributed by atoms with E-state index in [-0.39, 0.29) is 12.4 Å². The van der Waals surface area contributed by atoms with E-state index in [2.05, 4.69) is 0 Å². The maximum atomic E-state index is 12.0. The Kier molecular flexibility index (Phi) is 6.06. The smallest absolute Gasteiger partial charge is 0.341 e. The van der Waals surface area contributed by atoms with Gasteiger partial charge in [0.15, 0.2) is 0 Å². The highest BCUT2D eigenvalue weighted by Crippen LogP contribution is 2.30. The van der Waals surface area contributed by atoms with Crippen molar-refractivity contribution in [3.8, 4) is 11.5 Å². The van der Waals surface area contributed by atoms with Gasteiger partial charge in [-0.2, -0.15) is 0 Å². The molecule has 1 N–H and O–H groups in total. The van der Waals surface area contributed by atoms with Crippen LogP contribution in [0.5, 0.6) is 11.5 Å². The van der Waals surface area contributed by atoms with E-state index in [0.717, 1.165) is 11.1 Å². The molecule has 0 bridgehead atoms. The number of rotatable bonds is 6. The number of methoxy groups -OCH3 is 2. The van der Waals surface area contributed by atoms with Crippen molar-refractivity contribution < 1.29 is 24.1 Å². The van der Waals surface area contributed by atoms with Crippen molar-refractivity contribution in [3.63, 3.8) is 0 Å². The number of hydrogen-bond acceptors (Lipinski definition) is 5. The zero-order chi connectivity index (χ0) is 18.4. The van der Waals surface area contributed by atoms with Gasteiger partial charge in [-0.05, 0) is 42.7 Å². The van der Waals surface area contributed by atoms with Gasteiger partial charge in [0.25, 0.3) is 0 Å². The van der Waals surface area contributed by atoms with Crippen LogP contribution in [-0.4, -0.2) is 25.3 Å². The van der Waals surface area contributed by atoms with Crippen molar-refractivity contribution in [1.82, 2.24) is 0 Å². The number of aryl methyl sites for hydroxylation is 1. The second kappa shape index (κ2) is 8.24. The quantitative estimate of drug-likeness (QED) is 0.492. The predicted octanol–water partition coefficient (Wildman–Crippen LogP) is 3.75. The zero-order valence-corrected chi connectivity index (χ0v) is 14.8. The highest BCUT2D eigenvalue weighted by molar-refractivity contribution is 6.16. The van der Waals surface area contributed by atoms with E-state index in [9.17, 15) is 9.90 Å². The first-order valence-electron chi connectivity index (χ1n) is 7.80. The predicted molar refractivity (Wildman–Crippen MR) is 95.4 cm³/mol. The van der Waals surface area contributed by atoms with Crippen LogP contribution < -0.4 is 4.74 Å². The van der Waals surface area contributed by atoms with E-state index < -0.39 is 5.97 Å². The number of ether oxygens (including phenoxy) is 3. The van der Waals surface area contributed by atoms with Crippen LogP contribution in [0.4, 0.5) is 0 Å². The Bertz CT molecular complexity index is 793. The van der Waals surface area contributed by atoms with E-state index in [1.165, 1.54) is 20.5 Å². The van der Waals surface area contributed by atoms with Gasteiger partial charge in [0, 0.05) is 5.56 Å². The maximum Gasteiger partial charge on any atom is 0.341 e. The largest absolute Gasteiger partial charge is 0.508 e. The number of hydrogen-bond donors (Lipinski definition) is 1. The molecule has 0 fully saturated rings. The molecule has 0 aliphatic heterocycles. The molecular formula is C20H22O5. The lowest BCUT2D eigenvalue weighted by molar-refractivity contribution is -0.133. The van der Waals surface area contributed by atoms with Gasteiger partial charge in [-0.3, -0.25) is 0 Å². The summed E-state index contributed by atoms with van der Waals surface area (Å²) in [5.74, 6) is 0.305. The number of carbonyl (C=O) groups is 1. The standard InChI is InChI=1S/C20H22O5/c1-13-9-18(21)14(2)19(10-13)25-11-15-7-5-6-8-16(15)17(12-23-3)20(22)24-4/h5-10,12,21H,11H2,1-4H3. The third-order valence-electron chi connectivity index (χ3n) is 3.81. The van der Waals surface area contributed by atoms with Crippen molar-refractivity contribution in [1.29, 1.82) is 0 Å². The van der Waals surface area contributed by atoms with Gasteiger partial charge in [0.05, 0.1) is 20.5 Å². The van der Waals surface area contributed by atoms with Crippen LogP contribution in [0.25, 0.3) is 5.57 Å². The van der Waals surface area contributed by atoms with Gasteiger partial charge in [0.1, 0.15) is 23.7 Å². The number of benzene rings is 2. The molecule has 0 aliphatic rings. The van der Waals surface area contributed by atoms with Crippen LogP contribution in [0.15, 0.2) is 42.7 Å². The molecule has 0 atom stereocenters. The van der Waals surface area contributed by atoms with Gasteiger partial charge in [-0.1, -0.05) is 24.3 Å². The van der Waals surface area contributed by atoms with E-state index in [4.69, 9.17) is 14.2 Å². The minimum atomic E-state index is -0.487. The van der Waals surface area contributed by atoms with Gasteiger partial charge in [-0.25, -0.2) is 4.79 Å². The molecule has 0 spiro atoms. The van der Waals surface area contributed by atoms with E-state index in [1.54, 1.807) is 19.1 Å². The molecule has 0 aliphatic carbocycles. The fraction of sp³-hybridized carbons (Fsp3) is 0.250. The Morgan fingerprint density at radius 3 is 2.56 bits per heavy atom. The second-order valence-corrected chi connectivity index (χ2v) is 5.61. The molecule has 2 aromatic rings. The summed E-state index contributed by atoms with van der Waals surface area (Å²) in [5.41, 5.74) is 3.36. The molecule has 0 heterocycles. The van der Waals surface area contributed by atoms with Crippen LogP contribution in [0, 0.1) is 13.8 Å². The maximum absolute atomic E-state index is 12.0. The molecule has 0 saturated heterocycles. The molecule has 0 aromatic heterocycles. The molecule has 5 heteroatoms. The molecular weight excluding hydrogens is 320 g/mol. The van der Waals surface area contributed by atoms with Gasteiger partial charge < -0.3 is 19.3 Å². The van der Waals surface area contributed by atoms with E-state index in [0.29, 0.717) is 22.4 Å². The van der Waals surface area contributed by atoms with Crippen LogP contribution in [0.1, 0.15) is 22.3 Å². The van der Waals surface area contributed by atoms with E-state index in [1.807, 2.05) is 31.2 Å². The summed E-state index contributed by atoms with van der Waals surface area (Å²) < 4.78 is 15.7. The molecule has 25 heavy (non-hydrogen) atoms. The number of aromatic hydroxyl groups is 1. The molecule has 5 nitrogen and oxygen atoms in total. The lowest BCUT2D eigenvalue weighted by atomic mass is 10.0. The average Bonchev–Trinajstić information content (AvgIpc) is 2.61. The minimum Gasteiger partial charge on any atom is -0.508 e. The normalized spacial score (nSPS) is 11.1. The van der Waals surface area contributed by atoms with Gasteiger partial charge >= 0.3 is 5.97 Å². The minimum absolute atomic E-state index is 0.192. The van der Waals surface area contributed by atoms with Crippen molar-refractivity contribution in [2.45, 2.75) is 20.5 Å². The third-order valence-corrected chi connectivity index (χ3v) is 3.81. The Hall–Kier alpha value is -2.95. The third kappa shape index (κ3) is 4.32. The van der Waals surface area contributed by atoms with Crippen LogP contribution in [0.3, 0.4) is 0 Å². The number of carbonyl (C=O) groups excluding carboxylic acids is 1. The molecule has 0 unspecified atom stereocenters.